The summed E-state index contributed by atoms with van der Waals surface area (Å²) in [5.41, 5.74) is 1.54. The van der Waals surface area contributed by atoms with Gasteiger partial charge in [-0.15, -0.1) is 0 Å². The third kappa shape index (κ3) is 4.44. The van der Waals surface area contributed by atoms with E-state index in [0.717, 1.165) is 0 Å². The van der Waals surface area contributed by atoms with E-state index in [-0.39, 0.29) is 11.8 Å². The largest absolute Gasteiger partial charge is 0.464 e. The molecule has 1 heterocycles. The van der Waals surface area contributed by atoms with Crippen LogP contribution in [0.25, 0.3) is 0 Å². The number of hydrogen-bond donors (Lipinski definition) is 0. The van der Waals surface area contributed by atoms with Crippen molar-refractivity contribution >= 4 is 20.4 Å². The van der Waals surface area contributed by atoms with Gasteiger partial charge in [-0.2, -0.15) is 0 Å². The van der Waals surface area contributed by atoms with Gasteiger partial charge in [-0.25, -0.2) is 9.59 Å². The third-order valence-corrected chi connectivity index (χ3v) is 11.2. The molecule has 1 aliphatic rings. The molecule has 0 saturated heterocycles. The summed E-state index contributed by atoms with van der Waals surface area (Å²) in [7, 11) is 0.525. The Bertz CT molecular complexity index is 494. The third-order valence-electron chi connectivity index (χ3n) is 5.12. The summed E-state index contributed by atoms with van der Waals surface area (Å²) in [5.74, 6) is -0.551. The van der Waals surface area contributed by atoms with Crippen molar-refractivity contribution in [1.29, 1.82) is 0 Å². The number of amides is 1. The van der Waals surface area contributed by atoms with E-state index in [1.807, 2.05) is 0 Å². The van der Waals surface area contributed by atoms with E-state index in [1.165, 1.54) is 19.1 Å². The maximum atomic E-state index is 12.1. The normalized spacial score (nSPS) is 18.6. The molecule has 0 unspecified atom stereocenters. The maximum Gasteiger partial charge on any atom is 0.414 e. The highest BCUT2D eigenvalue weighted by atomic mass is 28.4. The van der Waals surface area contributed by atoms with E-state index in [2.05, 4.69) is 41.5 Å². The number of rotatable bonds is 6. The fraction of sp³-hybridized carbons (Fsp3) is 0.778. The monoisotopic (exact) mass is 371 g/mol. The summed E-state index contributed by atoms with van der Waals surface area (Å²) in [4.78, 5) is 25.4. The zero-order chi connectivity index (χ0) is 19.4. The standard InChI is InChI=1S/C18H33NO5Si/c1-12(2)25(13(3)4,14(5)6)24-15-9-10-19(18(21)23-8)16(11-15)17(20)22-7/h11-15H,9-10H2,1-8H3/t15-/m1/s1. The molecular weight excluding hydrogens is 338 g/mol. The van der Waals surface area contributed by atoms with Crippen molar-refractivity contribution in [3.8, 4) is 0 Å². The lowest BCUT2D eigenvalue weighted by Crippen LogP contribution is -2.51. The van der Waals surface area contributed by atoms with Crippen LogP contribution in [0.1, 0.15) is 48.0 Å². The molecule has 0 bridgehead atoms. The Balaban J connectivity index is 3.20. The SMILES string of the molecule is COC(=O)C1=C[C@H](O[Si](C(C)C)(C(C)C)C(C)C)CCN1C(=O)OC. The van der Waals surface area contributed by atoms with Gasteiger partial charge in [0.2, 0.25) is 8.32 Å². The molecule has 0 aromatic heterocycles. The molecule has 0 fully saturated rings. The van der Waals surface area contributed by atoms with E-state index < -0.39 is 20.4 Å². The van der Waals surface area contributed by atoms with Crippen molar-refractivity contribution in [1.82, 2.24) is 4.90 Å². The van der Waals surface area contributed by atoms with Gasteiger partial charge < -0.3 is 13.9 Å². The summed E-state index contributed by atoms with van der Waals surface area (Å²) in [6.07, 6.45) is 1.60. The molecule has 1 amide bonds. The number of methoxy groups -OCH3 is 2. The fourth-order valence-electron chi connectivity index (χ4n) is 4.07. The first-order chi connectivity index (χ1) is 11.6. The molecule has 0 saturated carbocycles. The van der Waals surface area contributed by atoms with Crippen molar-refractivity contribution in [2.75, 3.05) is 20.8 Å². The van der Waals surface area contributed by atoms with Crippen LogP contribution in [-0.2, 0) is 18.7 Å². The molecule has 0 radical (unpaired) electrons. The predicted octanol–water partition coefficient (Wildman–Crippen LogP) is 4.08. The Morgan fingerprint density at radius 1 is 1.04 bits per heavy atom. The first-order valence-electron chi connectivity index (χ1n) is 8.95. The summed E-state index contributed by atoms with van der Waals surface area (Å²) in [6.45, 7) is 13.7. The van der Waals surface area contributed by atoms with E-state index in [4.69, 9.17) is 13.9 Å². The van der Waals surface area contributed by atoms with Crippen molar-refractivity contribution in [2.24, 2.45) is 0 Å². The topological polar surface area (TPSA) is 65.1 Å². The van der Waals surface area contributed by atoms with E-state index in [9.17, 15) is 9.59 Å². The summed E-state index contributed by atoms with van der Waals surface area (Å²) < 4.78 is 16.3. The van der Waals surface area contributed by atoms with Crippen molar-refractivity contribution in [2.45, 2.75) is 70.7 Å². The minimum absolute atomic E-state index is 0.199. The Labute approximate surface area is 152 Å². The predicted molar refractivity (Wildman–Crippen MR) is 99.7 cm³/mol. The van der Waals surface area contributed by atoms with Crippen LogP contribution >= 0.6 is 0 Å². The molecule has 0 spiro atoms. The zero-order valence-electron chi connectivity index (χ0n) is 16.8. The van der Waals surface area contributed by atoms with Crippen LogP contribution in [0.3, 0.4) is 0 Å². The smallest absolute Gasteiger partial charge is 0.414 e. The van der Waals surface area contributed by atoms with Crippen LogP contribution < -0.4 is 0 Å². The average molecular weight is 372 g/mol. The van der Waals surface area contributed by atoms with Gasteiger partial charge in [0.1, 0.15) is 5.70 Å². The summed E-state index contributed by atoms with van der Waals surface area (Å²) in [5, 5.41) is 0. The van der Waals surface area contributed by atoms with Crippen molar-refractivity contribution in [3.05, 3.63) is 11.8 Å². The van der Waals surface area contributed by atoms with Crippen LogP contribution in [0, 0.1) is 0 Å². The molecule has 6 nitrogen and oxygen atoms in total. The second kappa shape index (κ2) is 8.85. The van der Waals surface area contributed by atoms with E-state index in [0.29, 0.717) is 29.6 Å². The van der Waals surface area contributed by atoms with Gasteiger partial charge in [-0.05, 0) is 29.1 Å². The molecule has 0 aromatic rings. The first-order valence-corrected chi connectivity index (χ1v) is 11.1. The minimum Gasteiger partial charge on any atom is -0.464 e. The highest BCUT2D eigenvalue weighted by molar-refractivity contribution is 6.77. The van der Waals surface area contributed by atoms with Gasteiger partial charge in [-0.3, -0.25) is 4.90 Å². The van der Waals surface area contributed by atoms with E-state index >= 15 is 0 Å². The lowest BCUT2D eigenvalue weighted by molar-refractivity contribution is -0.138. The Kier molecular flexibility index (Phi) is 7.68. The number of nitrogens with zero attached hydrogens (tertiary/aromatic N) is 1. The molecule has 0 aliphatic carbocycles. The lowest BCUT2D eigenvalue weighted by Gasteiger charge is -2.45. The number of carbonyl (C=O) groups excluding carboxylic acids is 2. The Hall–Kier alpha value is -1.34. The molecule has 0 aromatic carbocycles. The Morgan fingerprint density at radius 2 is 1.56 bits per heavy atom. The quantitative estimate of drug-likeness (QED) is 0.520. The van der Waals surface area contributed by atoms with Gasteiger partial charge in [-0.1, -0.05) is 41.5 Å². The second-order valence-electron chi connectivity index (χ2n) is 7.43. The minimum atomic E-state index is -2.08. The molecule has 25 heavy (non-hydrogen) atoms. The van der Waals surface area contributed by atoms with Crippen molar-refractivity contribution < 1.29 is 23.5 Å². The highest BCUT2D eigenvalue weighted by Crippen LogP contribution is 2.43. The van der Waals surface area contributed by atoms with Gasteiger partial charge in [0.15, 0.2) is 0 Å². The molecule has 144 valence electrons. The fourth-order valence-corrected chi connectivity index (χ4v) is 9.60. The van der Waals surface area contributed by atoms with Crippen LogP contribution in [0.2, 0.25) is 16.6 Å². The Morgan fingerprint density at radius 3 is 1.96 bits per heavy atom. The van der Waals surface area contributed by atoms with Crippen LogP contribution in [0.15, 0.2) is 11.8 Å². The second-order valence-corrected chi connectivity index (χ2v) is 12.8. The average Bonchev–Trinajstić information content (AvgIpc) is 2.56. The zero-order valence-corrected chi connectivity index (χ0v) is 17.8. The summed E-state index contributed by atoms with van der Waals surface area (Å²) in [6, 6.07) is 0. The number of ether oxygens (including phenoxy) is 2. The first kappa shape index (κ1) is 21.7. The lowest BCUT2D eigenvalue weighted by atomic mass is 10.1. The number of carbonyl (C=O) groups is 2. The number of hydrogen-bond acceptors (Lipinski definition) is 5. The van der Waals surface area contributed by atoms with Crippen LogP contribution in [-0.4, -0.2) is 52.1 Å². The molecule has 1 atom stereocenters. The molecule has 1 aliphatic heterocycles. The van der Waals surface area contributed by atoms with Gasteiger partial charge in [0.05, 0.1) is 20.3 Å². The number of esters is 1. The molecule has 1 rings (SSSR count). The maximum absolute atomic E-state index is 12.1. The van der Waals surface area contributed by atoms with E-state index in [1.54, 1.807) is 6.08 Å². The molecular formula is C18H33NO5Si. The van der Waals surface area contributed by atoms with Gasteiger partial charge in [0.25, 0.3) is 0 Å². The van der Waals surface area contributed by atoms with Crippen molar-refractivity contribution in [3.63, 3.8) is 0 Å². The van der Waals surface area contributed by atoms with Crippen LogP contribution in [0.4, 0.5) is 4.79 Å². The van der Waals surface area contributed by atoms with Crippen LogP contribution in [0.5, 0.6) is 0 Å². The molecule has 7 heteroatoms. The van der Waals surface area contributed by atoms with Gasteiger partial charge in [0, 0.05) is 6.54 Å². The summed E-state index contributed by atoms with van der Waals surface area (Å²) >= 11 is 0. The highest BCUT2D eigenvalue weighted by Gasteiger charge is 2.47. The molecule has 0 N–H and O–H groups in total. The van der Waals surface area contributed by atoms with Gasteiger partial charge >= 0.3 is 12.1 Å².